The fourth-order valence-corrected chi connectivity index (χ4v) is 3.28. The van der Waals surface area contributed by atoms with E-state index in [2.05, 4.69) is 20.0 Å². The summed E-state index contributed by atoms with van der Waals surface area (Å²) in [6, 6.07) is 1.64. The molecule has 1 aliphatic rings. The SMILES string of the molecule is O=S(=O)(CC1CCCNC1)Nc1ncccn1. The first-order valence-corrected chi connectivity index (χ1v) is 7.29. The Labute approximate surface area is 101 Å². The van der Waals surface area contributed by atoms with Crippen molar-refractivity contribution in [2.45, 2.75) is 12.8 Å². The highest BCUT2D eigenvalue weighted by Crippen LogP contribution is 2.13. The van der Waals surface area contributed by atoms with Crippen LogP contribution in [0, 0.1) is 5.92 Å². The lowest BCUT2D eigenvalue weighted by atomic mass is 10.0. The third kappa shape index (κ3) is 3.94. The summed E-state index contributed by atoms with van der Waals surface area (Å²) in [5, 5.41) is 3.20. The number of hydrogen-bond donors (Lipinski definition) is 2. The predicted molar refractivity (Wildman–Crippen MR) is 65.0 cm³/mol. The fraction of sp³-hybridized carbons (Fsp3) is 0.600. The number of nitrogens with zero attached hydrogens (tertiary/aromatic N) is 2. The van der Waals surface area contributed by atoms with Gasteiger partial charge in [0.25, 0.3) is 0 Å². The zero-order valence-electron chi connectivity index (χ0n) is 9.46. The Morgan fingerprint density at radius 3 is 2.82 bits per heavy atom. The minimum Gasteiger partial charge on any atom is -0.316 e. The van der Waals surface area contributed by atoms with Gasteiger partial charge in [0.05, 0.1) is 5.75 Å². The number of nitrogens with one attached hydrogen (secondary N) is 2. The van der Waals surface area contributed by atoms with Gasteiger partial charge in [0.15, 0.2) is 0 Å². The molecule has 94 valence electrons. The van der Waals surface area contributed by atoms with Crippen LogP contribution in [0.1, 0.15) is 12.8 Å². The van der Waals surface area contributed by atoms with E-state index >= 15 is 0 Å². The largest absolute Gasteiger partial charge is 0.316 e. The van der Waals surface area contributed by atoms with Crippen molar-refractivity contribution in [2.75, 3.05) is 23.6 Å². The molecule has 0 aromatic carbocycles. The predicted octanol–water partition coefficient (Wildman–Crippen LogP) is 0.218. The van der Waals surface area contributed by atoms with Gasteiger partial charge in [-0.15, -0.1) is 0 Å². The summed E-state index contributed by atoms with van der Waals surface area (Å²) in [6.45, 7) is 1.74. The molecule has 1 saturated heterocycles. The molecular formula is C10H16N4O2S. The fourth-order valence-electron chi connectivity index (χ4n) is 1.91. The van der Waals surface area contributed by atoms with Gasteiger partial charge in [-0.2, -0.15) is 0 Å². The van der Waals surface area contributed by atoms with Crippen LogP contribution in [0.4, 0.5) is 5.95 Å². The molecule has 0 bridgehead atoms. The van der Waals surface area contributed by atoms with Gasteiger partial charge < -0.3 is 5.32 Å². The second-order valence-corrected chi connectivity index (χ2v) is 5.94. The van der Waals surface area contributed by atoms with Crippen molar-refractivity contribution in [3.8, 4) is 0 Å². The standard InChI is InChI=1S/C10H16N4O2S/c15-17(16,8-9-3-1-4-11-7-9)14-10-12-5-2-6-13-10/h2,5-6,9,11H,1,3-4,7-8H2,(H,12,13,14). The van der Waals surface area contributed by atoms with E-state index in [-0.39, 0.29) is 17.6 Å². The summed E-state index contributed by atoms with van der Waals surface area (Å²) < 4.78 is 26.1. The van der Waals surface area contributed by atoms with Gasteiger partial charge in [0, 0.05) is 12.4 Å². The van der Waals surface area contributed by atoms with Gasteiger partial charge >= 0.3 is 0 Å². The molecule has 17 heavy (non-hydrogen) atoms. The third-order valence-corrected chi connectivity index (χ3v) is 4.07. The highest BCUT2D eigenvalue weighted by molar-refractivity contribution is 7.92. The molecule has 1 aliphatic heterocycles. The van der Waals surface area contributed by atoms with Gasteiger partial charge in [-0.3, -0.25) is 4.72 Å². The van der Waals surface area contributed by atoms with Crippen molar-refractivity contribution in [1.82, 2.24) is 15.3 Å². The van der Waals surface area contributed by atoms with E-state index in [0.717, 1.165) is 25.9 Å². The molecule has 1 fully saturated rings. The quantitative estimate of drug-likeness (QED) is 0.805. The first-order valence-electron chi connectivity index (χ1n) is 5.64. The number of sulfonamides is 1. The number of rotatable bonds is 4. The van der Waals surface area contributed by atoms with E-state index in [0.29, 0.717) is 0 Å². The van der Waals surface area contributed by atoms with Crippen LogP contribution in [0.25, 0.3) is 0 Å². The molecule has 1 unspecified atom stereocenters. The van der Waals surface area contributed by atoms with Crippen molar-refractivity contribution in [3.63, 3.8) is 0 Å². The van der Waals surface area contributed by atoms with Crippen LogP contribution in [0.3, 0.4) is 0 Å². The van der Waals surface area contributed by atoms with Crippen LogP contribution in [-0.2, 0) is 10.0 Å². The van der Waals surface area contributed by atoms with Crippen LogP contribution in [0.5, 0.6) is 0 Å². The van der Waals surface area contributed by atoms with Crippen molar-refractivity contribution >= 4 is 16.0 Å². The molecule has 2 N–H and O–H groups in total. The maximum absolute atomic E-state index is 11.8. The van der Waals surface area contributed by atoms with Crippen LogP contribution >= 0.6 is 0 Å². The van der Waals surface area contributed by atoms with Gasteiger partial charge in [-0.25, -0.2) is 18.4 Å². The average Bonchev–Trinajstić information content (AvgIpc) is 2.30. The molecule has 0 radical (unpaired) electrons. The van der Waals surface area contributed by atoms with E-state index in [1.54, 1.807) is 6.07 Å². The normalized spacial score (nSPS) is 21.1. The Morgan fingerprint density at radius 2 is 2.18 bits per heavy atom. The lowest BCUT2D eigenvalue weighted by Crippen LogP contribution is -2.35. The molecule has 1 aromatic heterocycles. The Kier molecular flexibility index (Phi) is 3.90. The number of aromatic nitrogens is 2. The Bertz CT molecular complexity index is 443. The smallest absolute Gasteiger partial charge is 0.236 e. The zero-order valence-corrected chi connectivity index (χ0v) is 10.3. The molecule has 2 rings (SSSR count). The number of piperidine rings is 1. The maximum Gasteiger partial charge on any atom is 0.236 e. The Hall–Kier alpha value is -1.21. The second kappa shape index (κ2) is 5.42. The Balaban J connectivity index is 1.94. The van der Waals surface area contributed by atoms with E-state index in [4.69, 9.17) is 0 Å². The van der Waals surface area contributed by atoms with Crippen molar-refractivity contribution in [1.29, 1.82) is 0 Å². The average molecular weight is 256 g/mol. The summed E-state index contributed by atoms with van der Waals surface area (Å²) in [5.41, 5.74) is 0. The molecule has 1 aromatic rings. The van der Waals surface area contributed by atoms with Crippen LogP contribution in [0.15, 0.2) is 18.5 Å². The summed E-state index contributed by atoms with van der Waals surface area (Å²) in [5.74, 6) is 0.430. The highest BCUT2D eigenvalue weighted by atomic mass is 32.2. The minimum atomic E-state index is -3.35. The van der Waals surface area contributed by atoms with E-state index in [1.807, 2.05) is 0 Å². The van der Waals surface area contributed by atoms with Crippen LogP contribution < -0.4 is 10.0 Å². The molecule has 0 spiro atoms. The molecule has 1 atom stereocenters. The van der Waals surface area contributed by atoms with E-state index in [9.17, 15) is 8.42 Å². The summed E-state index contributed by atoms with van der Waals surface area (Å²) in [6.07, 6.45) is 4.99. The van der Waals surface area contributed by atoms with Gasteiger partial charge in [-0.05, 0) is 37.9 Å². The number of hydrogen-bond acceptors (Lipinski definition) is 5. The highest BCUT2D eigenvalue weighted by Gasteiger charge is 2.21. The van der Waals surface area contributed by atoms with Gasteiger partial charge in [0.1, 0.15) is 0 Å². The molecule has 0 saturated carbocycles. The summed E-state index contributed by atoms with van der Waals surface area (Å²) >= 11 is 0. The van der Waals surface area contributed by atoms with Crippen molar-refractivity contribution in [2.24, 2.45) is 5.92 Å². The third-order valence-electron chi connectivity index (χ3n) is 2.67. The van der Waals surface area contributed by atoms with Crippen LogP contribution in [0.2, 0.25) is 0 Å². The zero-order chi connectivity index (χ0) is 12.1. The lowest BCUT2D eigenvalue weighted by molar-refractivity contribution is 0.404. The number of anilines is 1. The Morgan fingerprint density at radius 1 is 1.41 bits per heavy atom. The van der Waals surface area contributed by atoms with Gasteiger partial charge in [-0.1, -0.05) is 0 Å². The summed E-state index contributed by atoms with van der Waals surface area (Å²) in [4.78, 5) is 7.68. The monoisotopic (exact) mass is 256 g/mol. The first-order chi connectivity index (χ1) is 8.16. The first kappa shape index (κ1) is 12.3. The van der Waals surface area contributed by atoms with E-state index in [1.165, 1.54) is 12.4 Å². The lowest BCUT2D eigenvalue weighted by Gasteiger charge is -2.22. The van der Waals surface area contributed by atoms with Crippen molar-refractivity contribution in [3.05, 3.63) is 18.5 Å². The molecule has 7 heteroatoms. The molecule has 6 nitrogen and oxygen atoms in total. The topological polar surface area (TPSA) is 84.0 Å². The molecule has 0 aliphatic carbocycles. The molecular weight excluding hydrogens is 240 g/mol. The van der Waals surface area contributed by atoms with Gasteiger partial charge in [0.2, 0.25) is 16.0 Å². The van der Waals surface area contributed by atoms with E-state index < -0.39 is 10.0 Å². The summed E-state index contributed by atoms with van der Waals surface area (Å²) in [7, 11) is -3.35. The molecule has 0 amide bonds. The molecule has 2 heterocycles. The van der Waals surface area contributed by atoms with Crippen LogP contribution in [-0.4, -0.2) is 37.2 Å². The minimum absolute atomic E-state index is 0.123. The second-order valence-electron chi connectivity index (χ2n) is 4.17. The maximum atomic E-state index is 11.8. The van der Waals surface area contributed by atoms with Crippen molar-refractivity contribution < 1.29 is 8.42 Å².